The number of nitrogens with zero attached hydrogens (tertiary/aromatic N) is 1. The van der Waals surface area contributed by atoms with Crippen LogP contribution in [0, 0.1) is 0 Å². The van der Waals surface area contributed by atoms with Crippen LogP contribution in [0.25, 0.3) is 0 Å². The highest BCUT2D eigenvalue weighted by Gasteiger charge is 2.31. The summed E-state index contributed by atoms with van der Waals surface area (Å²) in [7, 11) is 0. The monoisotopic (exact) mass is 504 g/mol. The van der Waals surface area contributed by atoms with Crippen molar-refractivity contribution in [3.8, 4) is 11.5 Å². The fraction of sp³-hybridized carbons (Fsp3) is 0.462. The Balaban J connectivity index is 1.52. The molecule has 1 atom stereocenters. The van der Waals surface area contributed by atoms with E-state index in [4.69, 9.17) is 32.7 Å². The van der Waals surface area contributed by atoms with Crippen LogP contribution < -0.4 is 14.8 Å². The Hall–Kier alpha value is -2.44. The number of carbonyl (C=O) groups excluding carboxylic acids is 2. The molecule has 8 heteroatoms. The van der Waals surface area contributed by atoms with Crippen molar-refractivity contribution < 1.29 is 19.1 Å². The predicted molar refractivity (Wildman–Crippen MR) is 132 cm³/mol. The van der Waals surface area contributed by atoms with E-state index in [1.807, 2.05) is 25.1 Å². The Morgan fingerprint density at radius 1 is 1.09 bits per heavy atom. The van der Waals surface area contributed by atoms with Crippen LogP contribution >= 0.6 is 23.2 Å². The summed E-state index contributed by atoms with van der Waals surface area (Å²) in [6.45, 7) is 2.30. The summed E-state index contributed by atoms with van der Waals surface area (Å²) >= 11 is 12.8. The van der Waals surface area contributed by atoms with E-state index < -0.39 is 6.04 Å². The van der Waals surface area contributed by atoms with Crippen molar-refractivity contribution in [1.82, 2.24) is 10.2 Å². The van der Waals surface area contributed by atoms with Gasteiger partial charge in [-0.15, -0.1) is 0 Å². The van der Waals surface area contributed by atoms with Crippen LogP contribution in [0.2, 0.25) is 10.0 Å². The molecule has 2 aliphatic rings. The molecule has 0 unspecified atom stereocenters. The van der Waals surface area contributed by atoms with E-state index in [0.717, 1.165) is 31.2 Å². The highest BCUT2D eigenvalue weighted by Crippen LogP contribution is 2.33. The third-order valence-electron chi connectivity index (χ3n) is 6.54. The van der Waals surface area contributed by atoms with Crippen LogP contribution in [0.5, 0.6) is 11.5 Å². The van der Waals surface area contributed by atoms with Gasteiger partial charge in [-0.3, -0.25) is 9.59 Å². The summed E-state index contributed by atoms with van der Waals surface area (Å²) in [5.74, 6) is 1.16. The molecule has 2 aromatic carbocycles. The standard InChI is InChI=1S/C26H30Cl2N2O4/c1-2-22(26(32)29-18-6-3-4-7-18)30(15-19-20(27)8-5-9-21(19)28)25(31)13-11-17-10-12-23-24(14-17)34-16-33-23/h5,8-10,12,14,18,22H,2-4,6-7,11,13,15-16H2,1H3,(H,29,32)/t22-/m0/s1. The second-order valence-electron chi connectivity index (χ2n) is 8.82. The topological polar surface area (TPSA) is 67.9 Å². The minimum atomic E-state index is -0.600. The molecule has 1 aliphatic heterocycles. The zero-order valence-corrected chi connectivity index (χ0v) is 20.8. The number of fused-ring (bicyclic) bond motifs is 1. The summed E-state index contributed by atoms with van der Waals surface area (Å²) in [5, 5.41) is 4.11. The van der Waals surface area contributed by atoms with Crippen molar-refractivity contribution in [1.29, 1.82) is 0 Å². The molecule has 0 radical (unpaired) electrons. The molecule has 1 N–H and O–H groups in total. The molecule has 1 fully saturated rings. The van der Waals surface area contributed by atoms with Crippen molar-refractivity contribution in [3.63, 3.8) is 0 Å². The van der Waals surface area contributed by atoms with Gasteiger partial charge in [-0.1, -0.05) is 55.1 Å². The number of hydrogen-bond acceptors (Lipinski definition) is 4. The maximum atomic E-state index is 13.5. The number of amides is 2. The molecule has 182 valence electrons. The van der Waals surface area contributed by atoms with Crippen LogP contribution in [-0.2, 0) is 22.6 Å². The molecule has 1 heterocycles. The van der Waals surface area contributed by atoms with E-state index in [0.29, 0.717) is 39.9 Å². The average molecular weight is 505 g/mol. The van der Waals surface area contributed by atoms with Crippen molar-refractivity contribution in [2.75, 3.05) is 6.79 Å². The Bertz CT molecular complexity index is 1020. The molecule has 0 bridgehead atoms. The summed E-state index contributed by atoms with van der Waals surface area (Å²) in [6, 6.07) is 10.5. The van der Waals surface area contributed by atoms with Crippen molar-refractivity contribution >= 4 is 35.0 Å². The smallest absolute Gasteiger partial charge is 0.243 e. The van der Waals surface area contributed by atoms with Crippen LogP contribution in [0.4, 0.5) is 0 Å². The minimum absolute atomic E-state index is 0.117. The van der Waals surface area contributed by atoms with E-state index >= 15 is 0 Å². The summed E-state index contributed by atoms with van der Waals surface area (Å²) in [5.41, 5.74) is 1.62. The maximum absolute atomic E-state index is 13.5. The van der Waals surface area contributed by atoms with Crippen molar-refractivity contribution in [2.24, 2.45) is 0 Å². The summed E-state index contributed by atoms with van der Waals surface area (Å²) in [6.07, 6.45) is 5.46. The highest BCUT2D eigenvalue weighted by atomic mass is 35.5. The molecule has 0 saturated heterocycles. The third-order valence-corrected chi connectivity index (χ3v) is 7.25. The van der Waals surface area contributed by atoms with E-state index in [1.165, 1.54) is 0 Å². The lowest BCUT2D eigenvalue weighted by molar-refractivity contribution is -0.141. The van der Waals surface area contributed by atoms with Gasteiger partial charge >= 0.3 is 0 Å². The first kappa shape index (κ1) is 24.7. The first-order chi connectivity index (χ1) is 16.5. The SMILES string of the molecule is CC[C@@H](C(=O)NC1CCCC1)N(Cc1c(Cl)cccc1Cl)C(=O)CCc1ccc2c(c1)OCO2. The number of carbonyl (C=O) groups is 2. The normalized spacial score (nSPS) is 15.9. The summed E-state index contributed by atoms with van der Waals surface area (Å²) in [4.78, 5) is 28.4. The highest BCUT2D eigenvalue weighted by molar-refractivity contribution is 6.36. The largest absolute Gasteiger partial charge is 0.454 e. The third kappa shape index (κ3) is 5.78. The molecule has 6 nitrogen and oxygen atoms in total. The number of ether oxygens (including phenoxy) is 2. The molecular weight excluding hydrogens is 475 g/mol. The Kier molecular flexibility index (Phi) is 8.22. The van der Waals surface area contributed by atoms with E-state index in [2.05, 4.69) is 5.32 Å². The second-order valence-corrected chi connectivity index (χ2v) is 9.64. The van der Waals surface area contributed by atoms with Gasteiger partial charge in [0.15, 0.2) is 11.5 Å². The zero-order chi connectivity index (χ0) is 24.1. The number of rotatable bonds is 9. The molecule has 1 aliphatic carbocycles. The average Bonchev–Trinajstić information content (AvgIpc) is 3.50. The first-order valence-electron chi connectivity index (χ1n) is 11.9. The zero-order valence-electron chi connectivity index (χ0n) is 19.3. The van der Waals surface area contributed by atoms with Gasteiger partial charge < -0.3 is 19.7 Å². The number of hydrogen-bond donors (Lipinski definition) is 1. The van der Waals surface area contributed by atoms with Crippen LogP contribution in [0.1, 0.15) is 56.6 Å². The number of nitrogens with one attached hydrogen (secondary N) is 1. The molecule has 2 aromatic rings. The van der Waals surface area contributed by atoms with Gasteiger partial charge in [0.1, 0.15) is 6.04 Å². The Morgan fingerprint density at radius 2 is 1.79 bits per heavy atom. The molecule has 0 spiro atoms. The van der Waals surface area contributed by atoms with Gasteiger partial charge in [-0.05, 0) is 55.5 Å². The fourth-order valence-corrected chi connectivity index (χ4v) is 5.15. The lowest BCUT2D eigenvalue weighted by Gasteiger charge is -2.32. The van der Waals surface area contributed by atoms with Crippen LogP contribution in [0.3, 0.4) is 0 Å². The molecular formula is C26H30Cl2N2O4. The van der Waals surface area contributed by atoms with Crippen molar-refractivity contribution in [2.45, 2.75) is 70.5 Å². The fourth-order valence-electron chi connectivity index (χ4n) is 4.63. The van der Waals surface area contributed by atoms with Gasteiger partial charge in [-0.2, -0.15) is 0 Å². The molecule has 1 saturated carbocycles. The summed E-state index contributed by atoms with van der Waals surface area (Å²) < 4.78 is 10.8. The van der Waals surface area contributed by atoms with Gasteiger partial charge in [0.25, 0.3) is 0 Å². The quantitative estimate of drug-likeness (QED) is 0.487. The van der Waals surface area contributed by atoms with Gasteiger partial charge in [0.2, 0.25) is 18.6 Å². The maximum Gasteiger partial charge on any atom is 0.243 e. The van der Waals surface area contributed by atoms with Gasteiger partial charge in [0, 0.05) is 34.6 Å². The van der Waals surface area contributed by atoms with E-state index in [-0.39, 0.29) is 37.6 Å². The molecule has 4 rings (SSSR count). The lowest BCUT2D eigenvalue weighted by atomic mass is 10.0. The van der Waals surface area contributed by atoms with Gasteiger partial charge in [0.05, 0.1) is 0 Å². The van der Waals surface area contributed by atoms with Gasteiger partial charge in [-0.25, -0.2) is 0 Å². The molecule has 0 aromatic heterocycles. The number of benzene rings is 2. The van der Waals surface area contributed by atoms with Crippen molar-refractivity contribution in [3.05, 3.63) is 57.6 Å². The molecule has 2 amide bonds. The van der Waals surface area contributed by atoms with E-state index in [9.17, 15) is 9.59 Å². The lowest BCUT2D eigenvalue weighted by Crippen LogP contribution is -2.51. The van der Waals surface area contributed by atoms with E-state index in [1.54, 1.807) is 23.1 Å². The second kappa shape index (κ2) is 11.3. The molecule has 34 heavy (non-hydrogen) atoms. The Morgan fingerprint density at radius 3 is 2.50 bits per heavy atom. The first-order valence-corrected chi connectivity index (χ1v) is 12.6. The minimum Gasteiger partial charge on any atom is -0.454 e. The predicted octanol–water partition coefficient (Wildman–Crippen LogP) is 5.52. The van der Waals surface area contributed by atoms with Crippen LogP contribution in [-0.4, -0.2) is 35.6 Å². The van der Waals surface area contributed by atoms with Crippen LogP contribution in [0.15, 0.2) is 36.4 Å². The Labute approximate surface area is 210 Å². The number of halogens is 2. The number of aryl methyl sites for hydroxylation is 1.